The van der Waals surface area contributed by atoms with E-state index in [9.17, 15) is 9.59 Å². The van der Waals surface area contributed by atoms with Gasteiger partial charge in [-0.05, 0) is 117 Å². The van der Waals surface area contributed by atoms with E-state index in [1.807, 2.05) is 56.3 Å². The fourth-order valence-electron chi connectivity index (χ4n) is 8.65. The molecule has 0 radical (unpaired) electrons. The van der Waals surface area contributed by atoms with Crippen molar-refractivity contribution in [2.45, 2.75) is 65.2 Å². The predicted octanol–water partition coefficient (Wildman–Crippen LogP) is 10.3. The molecule has 0 spiro atoms. The van der Waals surface area contributed by atoms with Crippen LogP contribution in [-0.4, -0.2) is 13.1 Å². The Morgan fingerprint density at radius 2 is 1.18 bits per heavy atom. The molecule has 0 amide bonds. The van der Waals surface area contributed by atoms with Gasteiger partial charge in [0, 0.05) is 35.1 Å². The molecule has 2 aliphatic heterocycles. The third kappa shape index (κ3) is 4.37. The van der Waals surface area contributed by atoms with E-state index in [0.717, 1.165) is 86.1 Å². The number of hydrogen-bond acceptors (Lipinski definition) is 5. The van der Waals surface area contributed by atoms with E-state index in [-0.39, 0.29) is 22.1 Å². The van der Waals surface area contributed by atoms with E-state index in [2.05, 4.69) is 69.0 Å². The molecule has 4 heterocycles. The van der Waals surface area contributed by atoms with Crippen LogP contribution in [0, 0.1) is 13.8 Å². The number of rotatable bonds is 2. The van der Waals surface area contributed by atoms with Crippen LogP contribution in [0.1, 0.15) is 62.8 Å². The molecular formula is C44H39NO4. The summed E-state index contributed by atoms with van der Waals surface area (Å²) in [4.78, 5) is 30.4. The number of fused-ring (bicyclic) bond motifs is 5. The molecule has 5 nitrogen and oxygen atoms in total. The molecular weight excluding hydrogens is 606 g/mol. The maximum absolute atomic E-state index is 14.2. The van der Waals surface area contributed by atoms with Crippen LogP contribution in [0.5, 0.6) is 0 Å². The van der Waals surface area contributed by atoms with E-state index in [4.69, 9.17) is 8.83 Å². The number of benzene rings is 5. The fraction of sp³-hybridized carbons (Fsp3) is 0.273. The first kappa shape index (κ1) is 29.9. The van der Waals surface area contributed by atoms with E-state index in [1.54, 1.807) is 0 Å². The predicted molar refractivity (Wildman–Crippen MR) is 201 cm³/mol. The molecule has 244 valence electrons. The third-order valence-electron chi connectivity index (χ3n) is 11.5. The first-order chi connectivity index (χ1) is 23.4. The Morgan fingerprint density at radius 3 is 1.84 bits per heavy atom. The number of anilines is 1. The van der Waals surface area contributed by atoms with E-state index in [1.165, 1.54) is 11.3 Å². The van der Waals surface area contributed by atoms with Crippen LogP contribution in [0.3, 0.4) is 0 Å². The van der Waals surface area contributed by atoms with Crippen LogP contribution in [0.25, 0.3) is 65.7 Å². The van der Waals surface area contributed by atoms with Crippen molar-refractivity contribution in [3.63, 3.8) is 0 Å². The fourth-order valence-corrected chi connectivity index (χ4v) is 8.65. The molecule has 0 bridgehead atoms. The van der Waals surface area contributed by atoms with Crippen molar-refractivity contribution in [3.8, 4) is 22.3 Å². The second kappa shape index (κ2) is 10.2. The lowest BCUT2D eigenvalue weighted by atomic mass is 9.69. The maximum atomic E-state index is 14.2. The largest absolute Gasteiger partial charge is 0.422 e. The van der Waals surface area contributed by atoms with Gasteiger partial charge in [-0.2, -0.15) is 0 Å². The zero-order chi connectivity index (χ0) is 34.0. The third-order valence-corrected chi connectivity index (χ3v) is 11.5. The topological polar surface area (TPSA) is 63.7 Å². The van der Waals surface area contributed by atoms with Crippen molar-refractivity contribution in [2.24, 2.45) is 0 Å². The standard InChI is InChI=1S/C44H39NO4/c1-24-11-14-31-30(36(24)32-20-28-19-26-9-7-8-10-27(26)23-35(28)48-41(32)46)13-12-25(2)37(31)33-21-29-22-34-39-38(40(29)49-42(33)47)44(5,6)16-18-45(39)17-15-43(34,3)4/h7-14,19-23H,15-18H2,1-6H3. The van der Waals surface area contributed by atoms with Crippen LogP contribution in [-0.2, 0) is 10.8 Å². The lowest BCUT2D eigenvalue weighted by molar-refractivity contribution is 0.398. The van der Waals surface area contributed by atoms with Gasteiger partial charge in [0.1, 0.15) is 11.2 Å². The summed E-state index contributed by atoms with van der Waals surface area (Å²) >= 11 is 0. The van der Waals surface area contributed by atoms with Crippen molar-refractivity contribution in [1.29, 1.82) is 0 Å². The molecule has 0 atom stereocenters. The lowest BCUT2D eigenvalue weighted by Crippen LogP contribution is -2.44. The van der Waals surface area contributed by atoms with Crippen molar-refractivity contribution >= 4 is 49.2 Å². The molecule has 0 N–H and O–H groups in total. The SMILES string of the molecule is Cc1ccc2c(-c3cc4cc5c6c(c4oc3=O)C(C)(C)CCN6CCC5(C)C)c(C)ccc2c1-c1cc2cc3ccccc3cc2oc1=O. The Hall–Kier alpha value is -5.16. The lowest BCUT2D eigenvalue weighted by Gasteiger charge is -2.48. The van der Waals surface area contributed by atoms with Crippen LogP contribution in [0.15, 0.2) is 97.3 Å². The molecule has 2 aromatic heterocycles. The minimum Gasteiger partial charge on any atom is -0.422 e. The quantitative estimate of drug-likeness (QED) is 0.138. The molecule has 0 fully saturated rings. The Kier molecular flexibility index (Phi) is 6.22. The summed E-state index contributed by atoms with van der Waals surface area (Å²) in [5.74, 6) is 0. The van der Waals surface area contributed by atoms with Crippen molar-refractivity contribution in [2.75, 3.05) is 18.0 Å². The molecule has 0 saturated heterocycles. The van der Waals surface area contributed by atoms with Gasteiger partial charge in [-0.3, -0.25) is 0 Å². The summed E-state index contributed by atoms with van der Waals surface area (Å²) < 4.78 is 12.4. The normalized spacial score (nSPS) is 16.5. The highest BCUT2D eigenvalue weighted by atomic mass is 16.4. The van der Waals surface area contributed by atoms with Crippen LogP contribution in [0.4, 0.5) is 5.69 Å². The molecule has 0 unspecified atom stereocenters. The monoisotopic (exact) mass is 645 g/mol. The summed E-state index contributed by atoms with van der Waals surface area (Å²) in [7, 11) is 0. The molecule has 2 aliphatic rings. The van der Waals surface area contributed by atoms with Gasteiger partial charge in [-0.25, -0.2) is 9.59 Å². The minimum atomic E-state index is -0.385. The average Bonchev–Trinajstić information content (AvgIpc) is 3.06. The highest BCUT2D eigenvalue weighted by Crippen LogP contribution is 2.52. The van der Waals surface area contributed by atoms with E-state index >= 15 is 0 Å². The van der Waals surface area contributed by atoms with Crippen LogP contribution >= 0.6 is 0 Å². The second-order valence-electron chi connectivity index (χ2n) is 15.6. The summed E-state index contributed by atoms with van der Waals surface area (Å²) in [6.07, 6.45) is 2.09. The smallest absolute Gasteiger partial charge is 0.344 e. The first-order valence-corrected chi connectivity index (χ1v) is 17.3. The Labute approximate surface area is 284 Å². The average molecular weight is 646 g/mol. The van der Waals surface area contributed by atoms with Crippen LogP contribution in [0.2, 0.25) is 0 Å². The number of hydrogen-bond donors (Lipinski definition) is 0. The van der Waals surface area contributed by atoms with Gasteiger partial charge in [0.2, 0.25) is 0 Å². The van der Waals surface area contributed by atoms with Crippen molar-refractivity contribution < 1.29 is 8.83 Å². The number of nitrogens with zero attached hydrogens (tertiary/aromatic N) is 1. The number of aryl methyl sites for hydroxylation is 2. The van der Waals surface area contributed by atoms with E-state index in [0.29, 0.717) is 22.3 Å². The van der Waals surface area contributed by atoms with Gasteiger partial charge in [0.25, 0.3) is 0 Å². The Balaban J connectivity index is 1.30. The minimum absolute atomic E-state index is 0.00746. The van der Waals surface area contributed by atoms with Crippen molar-refractivity contribution in [3.05, 3.63) is 122 Å². The van der Waals surface area contributed by atoms with Gasteiger partial charge < -0.3 is 13.7 Å². The van der Waals surface area contributed by atoms with Gasteiger partial charge in [-0.15, -0.1) is 0 Å². The first-order valence-electron chi connectivity index (χ1n) is 17.3. The second-order valence-corrected chi connectivity index (χ2v) is 15.6. The van der Waals surface area contributed by atoms with Gasteiger partial charge in [0.05, 0.1) is 11.1 Å². The molecule has 7 aromatic rings. The van der Waals surface area contributed by atoms with Gasteiger partial charge in [0.15, 0.2) is 0 Å². The molecule has 5 aromatic carbocycles. The van der Waals surface area contributed by atoms with E-state index < -0.39 is 0 Å². The highest BCUT2D eigenvalue weighted by Gasteiger charge is 2.42. The zero-order valence-electron chi connectivity index (χ0n) is 28.9. The van der Waals surface area contributed by atoms with Crippen LogP contribution < -0.4 is 16.2 Å². The summed E-state index contributed by atoms with van der Waals surface area (Å²) in [5.41, 5.74) is 8.78. The van der Waals surface area contributed by atoms with Crippen molar-refractivity contribution in [1.82, 2.24) is 0 Å². The molecule has 9 rings (SSSR count). The maximum Gasteiger partial charge on any atom is 0.344 e. The summed E-state index contributed by atoms with van der Waals surface area (Å²) in [6.45, 7) is 15.3. The Bertz CT molecular complexity index is 2690. The summed E-state index contributed by atoms with van der Waals surface area (Å²) in [5, 5.41) is 5.72. The van der Waals surface area contributed by atoms with Gasteiger partial charge >= 0.3 is 11.3 Å². The molecule has 0 aliphatic carbocycles. The zero-order valence-corrected chi connectivity index (χ0v) is 28.9. The molecule has 49 heavy (non-hydrogen) atoms. The molecule has 5 heteroatoms. The summed E-state index contributed by atoms with van der Waals surface area (Å²) in [6, 6.07) is 26.5. The Morgan fingerprint density at radius 1 is 0.612 bits per heavy atom. The molecule has 0 saturated carbocycles. The van der Waals surface area contributed by atoms with Gasteiger partial charge in [-0.1, -0.05) is 76.2 Å². The highest BCUT2D eigenvalue weighted by molar-refractivity contribution is 6.08.